The summed E-state index contributed by atoms with van der Waals surface area (Å²) in [4.78, 5) is 16.6. The SMILES string of the molecule is CC(Sc1ncccc1Br)C(=O)c1ccc(Cl)cc1Cl. The van der Waals surface area contributed by atoms with Gasteiger partial charge in [0.1, 0.15) is 5.03 Å². The van der Waals surface area contributed by atoms with Gasteiger partial charge in [-0.1, -0.05) is 35.0 Å². The molecule has 20 heavy (non-hydrogen) atoms. The minimum Gasteiger partial charge on any atom is -0.293 e. The molecule has 1 aromatic heterocycles. The fraction of sp³-hybridized carbons (Fsp3) is 0.143. The summed E-state index contributed by atoms with van der Waals surface area (Å²) in [6.45, 7) is 1.83. The molecule has 0 saturated carbocycles. The Hall–Kier alpha value is -0.550. The largest absolute Gasteiger partial charge is 0.293 e. The Labute approximate surface area is 140 Å². The molecule has 6 heteroatoms. The first-order chi connectivity index (χ1) is 9.49. The molecular formula is C14H10BrCl2NOS. The van der Waals surface area contributed by atoms with E-state index < -0.39 is 0 Å². The van der Waals surface area contributed by atoms with Crippen molar-refractivity contribution in [3.05, 3.63) is 56.6 Å². The van der Waals surface area contributed by atoms with Crippen LogP contribution >= 0.6 is 50.9 Å². The van der Waals surface area contributed by atoms with Gasteiger partial charge in [0.25, 0.3) is 0 Å². The Morgan fingerprint density at radius 2 is 2.10 bits per heavy atom. The van der Waals surface area contributed by atoms with Crippen molar-refractivity contribution in [3.8, 4) is 0 Å². The third-order valence-electron chi connectivity index (χ3n) is 2.58. The predicted molar refractivity (Wildman–Crippen MR) is 88.0 cm³/mol. The van der Waals surface area contributed by atoms with Crippen LogP contribution < -0.4 is 0 Å². The summed E-state index contributed by atoms with van der Waals surface area (Å²) in [6, 6.07) is 8.61. The van der Waals surface area contributed by atoms with Crippen LogP contribution in [0.15, 0.2) is 46.0 Å². The molecule has 0 amide bonds. The smallest absolute Gasteiger partial charge is 0.177 e. The van der Waals surface area contributed by atoms with Gasteiger partial charge >= 0.3 is 0 Å². The van der Waals surface area contributed by atoms with Crippen LogP contribution in [0.2, 0.25) is 10.0 Å². The fourth-order valence-electron chi connectivity index (χ4n) is 1.59. The number of pyridine rings is 1. The van der Waals surface area contributed by atoms with Crippen molar-refractivity contribution in [3.63, 3.8) is 0 Å². The van der Waals surface area contributed by atoms with Gasteiger partial charge in [0, 0.05) is 21.3 Å². The number of hydrogen-bond acceptors (Lipinski definition) is 3. The summed E-state index contributed by atoms with van der Waals surface area (Å²) in [5, 5.41) is 1.37. The second-order valence-corrected chi connectivity index (χ2v) is 7.07. The van der Waals surface area contributed by atoms with Crippen molar-refractivity contribution in [1.29, 1.82) is 0 Å². The number of halogens is 3. The van der Waals surface area contributed by atoms with E-state index in [2.05, 4.69) is 20.9 Å². The maximum absolute atomic E-state index is 12.4. The first-order valence-corrected chi connectivity index (χ1v) is 8.18. The zero-order chi connectivity index (χ0) is 14.7. The number of aromatic nitrogens is 1. The number of ketones is 1. The third kappa shape index (κ3) is 3.76. The molecule has 1 aromatic carbocycles. The Bertz CT molecular complexity index is 651. The Morgan fingerprint density at radius 1 is 1.35 bits per heavy atom. The zero-order valence-electron chi connectivity index (χ0n) is 10.4. The molecule has 0 bridgehead atoms. The quantitative estimate of drug-likeness (QED) is 0.508. The van der Waals surface area contributed by atoms with Crippen molar-refractivity contribution >= 4 is 56.7 Å². The predicted octanol–water partition coefficient (Wildman–Crippen LogP) is 5.51. The summed E-state index contributed by atoms with van der Waals surface area (Å²) in [6.07, 6.45) is 1.69. The summed E-state index contributed by atoms with van der Waals surface area (Å²) < 4.78 is 0.867. The van der Waals surface area contributed by atoms with Crippen LogP contribution in [-0.2, 0) is 0 Å². The lowest BCUT2D eigenvalue weighted by molar-refractivity contribution is 0.0994. The summed E-state index contributed by atoms with van der Waals surface area (Å²) in [5.41, 5.74) is 0.475. The molecule has 2 nitrogen and oxygen atoms in total. The van der Waals surface area contributed by atoms with E-state index in [1.54, 1.807) is 24.4 Å². The normalized spacial score (nSPS) is 12.2. The van der Waals surface area contributed by atoms with Gasteiger partial charge in [-0.15, -0.1) is 0 Å². The van der Waals surface area contributed by atoms with Gasteiger partial charge in [0.05, 0.1) is 10.3 Å². The second-order valence-electron chi connectivity index (χ2n) is 4.04. The number of Topliss-reactive ketones (excluding diaryl/α,β-unsaturated/α-hetero) is 1. The highest BCUT2D eigenvalue weighted by molar-refractivity contribution is 9.10. The van der Waals surface area contributed by atoms with E-state index in [0.29, 0.717) is 15.6 Å². The summed E-state index contributed by atoms with van der Waals surface area (Å²) in [7, 11) is 0. The molecule has 0 N–H and O–H groups in total. The number of benzene rings is 1. The highest BCUT2D eigenvalue weighted by Crippen LogP contribution is 2.31. The first-order valence-electron chi connectivity index (χ1n) is 5.75. The monoisotopic (exact) mass is 389 g/mol. The van der Waals surface area contributed by atoms with Crippen LogP contribution in [0.1, 0.15) is 17.3 Å². The molecule has 0 aliphatic rings. The van der Waals surface area contributed by atoms with Crippen LogP contribution in [0.4, 0.5) is 0 Å². The van der Waals surface area contributed by atoms with Gasteiger partial charge in [0.2, 0.25) is 0 Å². The molecule has 104 valence electrons. The molecule has 0 fully saturated rings. The van der Waals surface area contributed by atoms with Gasteiger partial charge < -0.3 is 0 Å². The van der Waals surface area contributed by atoms with Crippen LogP contribution in [-0.4, -0.2) is 16.0 Å². The standard InChI is InChI=1S/C14H10BrCl2NOS/c1-8(20-14-11(15)3-2-6-18-14)13(19)10-5-4-9(16)7-12(10)17/h2-8H,1H3. The second kappa shape index (κ2) is 6.94. The van der Waals surface area contributed by atoms with E-state index in [4.69, 9.17) is 23.2 Å². The van der Waals surface area contributed by atoms with E-state index in [9.17, 15) is 4.79 Å². The topological polar surface area (TPSA) is 30.0 Å². The minimum absolute atomic E-state index is 0.0470. The number of hydrogen-bond donors (Lipinski definition) is 0. The van der Waals surface area contributed by atoms with E-state index in [0.717, 1.165) is 9.50 Å². The van der Waals surface area contributed by atoms with Crippen LogP contribution in [0.3, 0.4) is 0 Å². The maximum Gasteiger partial charge on any atom is 0.177 e. The molecule has 0 spiro atoms. The average Bonchev–Trinajstić information content (AvgIpc) is 2.40. The number of rotatable bonds is 4. The summed E-state index contributed by atoms with van der Waals surface area (Å²) in [5.74, 6) is -0.0470. The van der Waals surface area contributed by atoms with Crippen molar-refractivity contribution in [2.45, 2.75) is 17.2 Å². The van der Waals surface area contributed by atoms with Gasteiger partial charge in [-0.3, -0.25) is 4.79 Å². The Balaban J connectivity index is 2.19. The maximum atomic E-state index is 12.4. The van der Waals surface area contributed by atoms with Crippen molar-refractivity contribution < 1.29 is 4.79 Å². The van der Waals surface area contributed by atoms with Gasteiger partial charge in [-0.05, 0) is 53.2 Å². The number of carbonyl (C=O) groups is 1. The third-order valence-corrected chi connectivity index (χ3v) is 5.15. The van der Waals surface area contributed by atoms with E-state index in [1.165, 1.54) is 11.8 Å². The zero-order valence-corrected chi connectivity index (χ0v) is 14.4. The molecule has 2 rings (SSSR count). The highest BCUT2D eigenvalue weighted by atomic mass is 79.9. The van der Waals surface area contributed by atoms with Crippen LogP contribution in [0.25, 0.3) is 0 Å². The molecule has 0 aliphatic heterocycles. The van der Waals surface area contributed by atoms with Gasteiger partial charge in [-0.25, -0.2) is 4.98 Å². The Morgan fingerprint density at radius 3 is 2.75 bits per heavy atom. The molecule has 2 aromatic rings. The van der Waals surface area contributed by atoms with Gasteiger partial charge in [0.15, 0.2) is 5.78 Å². The van der Waals surface area contributed by atoms with Crippen LogP contribution in [0.5, 0.6) is 0 Å². The van der Waals surface area contributed by atoms with Crippen molar-refractivity contribution in [2.75, 3.05) is 0 Å². The Kier molecular flexibility index (Phi) is 5.49. The molecule has 0 radical (unpaired) electrons. The molecule has 0 saturated heterocycles. The number of nitrogens with zero attached hydrogens (tertiary/aromatic N) is 1. The molecule has 1 atom stereocenters. The lowest BCUT2D eigenvalue weighted by Crippen LogP contribution is -2.14. The van der Waals surface area contributed by atoms with E-state index >= 15 is 0 Å². The van der Waals surface area contributed by atoms with E-state index in [1.807, 2.05) is 19.1 Å². The van der Waals surface area contributed by atoms with Crippen LogP contribution in [0, 0.1) is 0 Å². The van der Waals surface area contributed by atoms with Gasteiger partial charge in [-0.2, -0.15) is 0 Å². The average molecular weight is 391 g/mol. The molecule has 0 aliphatic carbocycles. The number of carbonyl (C=O) groups excluding carboxylic acids is 1. The first kappa shape index (κ1) is 15.8. The van der Waals surface area contributed by atoms with E-state index in [-0.39, 0.29) is 11.0 Å². The summed E-state index contributed by atoms with van der Waals surface area (Å²) >= 11 is 16.7. The molecule has 1 unspecified atom stereocenters. The van der Waals surface area contributed by atoms with Crippen molar-refractivity contribution in [1.82, 2.24) is 4.98 Å². The molecular weight excluding hydrogens is 381 g/mol. The highest BCUT2D eigenvalue weighted by Gasteiger charge is 2.20. The van der Waals surface area contributed by atoms with Crippen molar-refractivity contribution in [2.24, 2.45) is 0 Å². The fourth-order valence-corrected chi connectivity index (χ4v) is 3.50. The lowest BCUT2D eigenvalue weighted by Gasteiger charge is -2.12. The molecule has 1 heterocycles. The minimum atomic E-state index is -0.292. The number of thioether (sulfide) groups is 1. The lowest BCUT2D eigenvalue weighted by atomic mass is 10.1.